The maximum absolute atomic E-state index is 8.92. The smallest absolute Gasteiger partial charge is 0.0644 e. The zero-order valence-corrected chi connectivity index (χ0v) is 10.7. The summed E-state index contributed by atoms with van der Waals surface area (Å²) in [5.41, 5.74) is 3.47. The molecule has 1 rings (SSSR count). The maximum atomic E-state index is 8.92. The van der Waals surface area contributed by atoms with Crippen molar-refractivity contribution in [3.8, 4) is 0 Å². The lowest BCUT2D eigenvalue weighted by atomic mass is 10.2. The van der Waals surface area contributed by atoms with Crippen molar-refractivity contribution in [1.82, 2.24) is 15.1 Å². The molecule has 1 heterocycles. The highest BCUT2D eigenvalue weighted by atomic mass is 16.3. The van der Waals surface area contributed by atoms with Crippen LogP contribution in [-0.2, 0) is 13.1 Å². The summed E-state index contributed by atoms with van der Waals surface area (Å²) in [6.07, 6.45) is 0. The molecular weight excluding hydrogens is 202 g/mol. The fourth-order valence-corrected chi connectivity index (χ4v) is 1.79. The average molecular weight is 225 g/mol. The summed E-state index contributed by atoms with van der Waals surface area (Å²) in [5, 5.41) is 16.8. The Bertz CT molecular complexity index is 331. The van der Waals surface area contributed by atoms with E-state index in [0.717, 1.165) is 24.5 Å². The number of aliphatic hydroxyl groups is 1. The number of aryl methyl sites for hydroxylation is 1. The Morgan fingerprint density at radius 1 is 1.38 bits per heavy atom. The molecule has 4 nitrogen and oxygen atoms in total. The van der Waals surface area contributed by atoms with E-state index in [-0.39, 0.29) is 6.61 Å². The second kappa shape index (κ2) is 6.01. The molecule has 0 aliphatic heterocycles. The van der Waals surface area contributed by atoms with Gasteiger partial charge in [0, 0.05) is 17.8 Å². The molecular formula is C12H23N3O. The number of rotatable bonds is 6. The highest BCUT2D eigenvalue weighted by molar-refractivity contribution is 5.24. The molecule has 4 heteroatoms. The van der Waals surface area contributed by atoms with Crippen molar-refractivity contribution in [3.63, 3.8) is 0 Å². The Hall–Kier alpha value is -0.870. The molecule has 0 aliphatic rings. The number of nitrogens with one attached hydrogen (secondary N) is 1. The summed E-state index contributed by atoms with van der Waals surface area (Å²) in [6, 6.07) is 0. The summed E-state index contributed by atoms with van der Waals surface area (Å²) in [7, 11) is 0. The molecule has 0 aromatic carbocycles. The van der Waals surface area contributed by atoms with E-state index in [9.17, 15) is 0 Å². The minimum Gasteiger partial charge on any atom is -0.394 e. The van der Waals surface area contributed by atoms with Crippen molar-refractivity contribution >= 4 is 0 Å². The van der Waals surface area contributed by atoms with Crippen LogP contribution in [-0.4, -0.2) is 28.0 Å². The van der Waals surface area contributed by atoms with Gasteiger partial charge in [0.1, 0.15) is 0 Å². The summed E-state index contributed by atoms with van der Waals surface area (Å²) in [5.74, 6) is 0.660. The summed E-state index contributed by atoms with van der Waals surface area (Å²) < 4.78 is 1.88. The lowest BCUT2D eigenvalue weighted by Crippen LogP contribution is -2.19. The van der Waals surface area contributed by atoms with Gasteiger partial charge in [-0.3, -0.25) is 4.68 Å². The van der Waals surface area contributed by atoms with Crippen LogP contribution in [0.3, 0.4) is 0 Å². The molecule has 0 bridgehead atoms. The lowest BCUT2D eigenvalue weighted by Gasteiger charge is -2.08. The Balaban J connectivity index is 2.64. The molecule has 16 heavy (non-hydrogen) atoms. The van der Waals surface area contributed by atoms with Gasteiger partial charge in [-0.1, -0.05) is 13.8 Å². The monoisotopic (exact) mass is 225 g/mol. The first-order valence-corrected chi connectivity index (χ1v) is 5.90. The highest BCUT2D eigenvalue weighted by Crippen LogP contribution is 2.12. The zero-order valence-electron chi connectivity index (χ0n) is 10.7. The van der Waals surface area contributed by atoms with E-state index in [4.69, 9.17) is 5.11 Å². The second-order valence-electron chi connectivity index (χ2n) is 4.62. The molecule has 0 amide bonds. The molecule has 0 saturated heterocycles. The molecule has 92 valence electrons. The molecule has 0 saturated carbocycles. The van der Waals surface area contributed by atoms with Crippen LogP contribution in [0, 0.1) is 19.8 Å². The molecule has 0 spiro atoms. The molecule has 1 aromatic heterocycles. The largest absolute Gasteiger partial charge is 0.394 e. The van der Waals surface area contributed by atoms with Crippen LogP contribution in [0.2, 0.25) is 0 Å². The summed E-state index contributed by atoms with van der Waals surface area (Å²) >= 11 is 0. The second-order valence-corrected chi connectivity index (χ2v) is 4.62. The number of nitrogens with zero attached hydrogens (tertiary/aromatic N) is 2. The Kier molecular flexibility index (Phi) is 4.96. The van der Waals surface area contributed by atoms with E-state index in [1.54, 1.807) is 0 Å². The number of aromatic nitrogens is 2. The van der Waals surface area contributed by atoms with Crippen molar-refractivity contribution in [2.75, 3.05) is 13.2 Å². The quantitative estimate of drug-likeness (QED) is 0.766. The van der Waals surface area contributed by atoms with Crippen LogP contribution >= 0.6 is 0 Å². The third-order valence-electron chi connectivity index (χ3n) is 2.70. The van der Waals surface area contributed by atoms with Crippen LogP contribution in [0.5, 0.6) is 0 Å². The van der Waals surface area contributed by atoms with Crippen LogP contribution in [0.4, 0.5) is 0 Å². The standard InChI is InChI=1S/C12H23N3O/c1-9(2)7-13-8-12-10(3)14-15(5-6-16)11(12)4/h9,13,16H,5-8H2,1-4H3. The minimum absolute atomic E-state index is 0.140. The molecule has 0 atom stereocenters. The topological polar surface area (TPSA) is 50.1 Å². The van der Waals surface area contributed by atoms with E-state index < -0.39 is 0 Å². The minimum atomic E-state index is 0.140. The van der Waals surface area contributed by atoms with E-state index >= 15 is 0 Å². The van der Waals surface area contributed by atoms with Gasteiger partial charge in [0.05, 0.1) is 18.8 Å². The average Bonchev–Trinajstić information content (AvgIpc) is 2.45. The number of aliphatic hydroxyl groups excluding tert-OH is 1. The molecule has 1 aromatic rings. The van der Waals surface area contributed by atoms with E-state index in [1.165, 1.54) is 5.56 Å². The Morgan fingerprint density at radius 2 is 2.06 bits per heavy atom. The van der Waals surface area contributed by atoms with E-state index in [2.05, 4.69) is 31.2 Å². The molecule has 0 fully saturated rings. The van der Waals surface area contributed by atoms with E-state index in [0.29, 0.717) is 12.5 Å². The lowest BCUT2D eigenvalue weighted by molar-refractivity contribution is 0.267. The third kappa shape index (κ3) is 3.32. The van der Waals surface area contributed by atoms with Crippen LogP contribution in [0.25, 0.3) is 0 Å². The highest BCUT2D eigenvalue weighted by Gasteiger charge is 2.10. The molecule has 0 radical (unpaired) electrons. The van der Waals surface area contributed by atoms with Crippen LogP contribution in [0.15, 0.2) is 0 Å². The van der Waals surface area contributed by atoms with Crippen molar-refractivity contribution in [2.45, 2.75) is 40.8 Å². The van der Waals surface area contributed by atoms with Crippen molar-refractivity contribution < 1.29 is 5.11 Å². The van der Waals surface area contributed by atoms with Gasteiger partial charge in [-0.2, -0.15) is 5.10 Å². The molecule has 0 aliphatic carbocycles. The predicted molar refractivity (Wildman–Crippen MR) is 65.3 cm³/mol. The van der Waals surface area contributed by atoms with Gasteiger partial charge in [-0.25, -0.2) is 0 Å². The summed E-state index contributed by atoms with van der Waals surface area (Å²) in [4.78, 5) is 0. The van der Waals surface area contributed by atoms with Gasteiger partial charge in [0.2, 0.25) is 0 Å². The molecule has 2 N–H and O–H groups in total. The Morgan fingerprint density at radius 3 is 2.62 bits per heavy atom. The molecule has 0 unspecified atom stereocenters. The van der Waals surface area contributed by atoms with Crippen molar-refractivity contribution in [2.24, 2.45) is 5.92 Å². The van der Waals surface area contributed by atoms with Gasteiger partial charge in [-0.05, 0) is 26.3 Å². The maximum Gasteiger partial charge on any atom is 0.0644 e. The van der Waals surface area contributed by atoms with Crippen LogP contribution in [0.1, 0.15) is 30.8 Å². The van der Waals surface area contributed by atoms with Gasteiger partial charge >= 0.3 is 0 Å². The first kappa shape index (κ1) is 13.2. The van der Waals surface area contributed by atoms with Gasteiger partial charge < -0.3 is 10.4 Å². The van der Waals surface area contributed by atoms with E-state index in [1.807, 2.05) is 11.6 Å². The number of hydrogen-bond acceptors (Lipinski definition) is 3. The van der Waals surface area contributed by atoms with Gasteiger partial charge in [0.25, 0.3) is 0 Å². The predicted octanol–water partition coefficient (Wildman–Crippen LogP) is 1.24. The first-order valence-electron chi connectivity index (χ1n) is 5.90. The normalized spacial score (nSPS) is 11.4. The SMILES string of the molecule is Cc1nn(CCO)c(C)c1CNCC(C)C. The van der Waals surface area contributed by atoms with Gasteiger partial charge in [0.15, 0.2) is 0 Å². The Labute approximate surface area is 97.7 Å². The van der Waals surface area contributed by atoms with Crippen molar-refractivity contribution in [3.05, 3.63) is 17.0 Å². The third-order valence-corrected chi connectivity index (χ3v) is 2.70. The van der Waals surface area contributed by atoms with Crippen LogP contribution < -0.4 is 5.32 Å². The van der Waals surface area contributed by atoms with Crippen molar-refractivity contribution in [1.29, 1.82) is 0 Å². The summed E-state index contributed by atoms with van der Waals surface area (Å²) in [6.45, 7) is 11.1. The number of hydrogen-bond donors (Lipinski definition) is 2. The fraction of sp³-hybridized carbons (Fsp3) is 0.750. The zero-order chi connectivity index (χ0) is 12.1. The fourth-order valence-electron chi connectivity index (χ4n) is 1.79. The van der Waals surface area contributed by atoms with Gasteiger partial charge in [-0.15, -0.1) is 0 Å². The first-order chi connectivity index (χ1) is 7.56.